The minimum absolute atomic E-state index is 0.0591. The molecule has 0 aliphatic carbocycles. The van der Waals surface area contributed by atoms with Gasteiger partial charge >= 0.3 is 0 Å². The fraction of sp³-hybridized carbons (Fsp3) is 0.385. The first-order valence-corrected chi connectivity index (χ1v) is 5.96. The Balaban J connectivity index is 2.41. The van der Waals surface area contributed by atoms with Gasteiger partial charge < -0.3 is 9.67 Å². The van der Waals surface area contributed by atoms with Crippen LogP contribution in [0.2, 0.25) is 0 Å². The van der Waals surface area contributed by atoms with Crippen LogP contribution in [0.3, 0.4) is 0 Å². The van der Waals surface area contributed by atoms with E-state index in [4.69, 9.17) is 10.4 Å². The van der Waals surface area contributed by atoms with Crippen LogP contribution in [-0.2, 0) is 13.1 Å². The van der Waals surface area contributed by atoms with Gasteiger partial charge in [0, 0.05) is 12.6 Å². The van der Waals surface area contributed by atoms with Crippen molar-refractivity contribution in [2.45, 2.75) is 13.1 Å². The lowest BCUT2D eigenvalue weighted by atomic mass is 10.3. The zero-order chi connectivity index (χ0) is 13.8. The number of aliphatic hydroxyl groups is 1. The molecule has 1 heterocycles. The molecule has 0 fully saturated rings. The monoisotopic (exact) mass is 262 g/mol. The molecule has 5 nitrogen and oxygen atoms in total. The summed E-state index contributed by atoms with van der Waals surface area (Å²) in [5.74, 6) is 0.350. The molecule has 6 heteroatoms. The molecule has 100 valence electrons. The van der Waals surface area contributed by atoms with E-state index in [0.717, 1.165) is 5.52 Å². The molecule has 0 radical (unpaired) electrons. The molecule has 1 aromatic heterocycles. The number of benzene rings is 1. The standard InChI is InChI=1S/C13H15FN4O/c1-17(6-7-19)9-13-16-11-8-10(14)2-3-12(11)18(13)5-4-15/h2-3,8,19H,5-7,9H2,1H3. The summed E-state index contributed by atoms with van der Waals surface area (Å²) in [5, 5.41) is 17.8. The Kier molecular flexibility index (Phi) is 4.10. The van der Waals surface area contributed by atoms with Gasteiger partial charge in [0.25, 0.3) is 0 Å². The quantitative estimate of drug-likeness (QED) is 0.877. The van der Waals surface area contributed by atoms with Crippen molar-refractivity contribution in [2.24, 2.45) is 0 Å². The van der Waals surface area contributed by atoms with Crippen LogP contribution in [0.15, 0.2) is 18.2 Å². The van der Waals surface area contributed by atoms with Gasteiger partial charge in [0.05, 0.1) is 30.3 Å². The van der Waals surface area contributed by atoms with Crippen LogP contribution >= 0.6 is 0 Å². The van der Waals surface area contributed by atoms with Crippen molar-refractivity contribution >= 4 is 11.0 Å². The van der Waals surface area contributed by atoms with E-state index in [-0.39, 0.29) is 19.0 Å². The number of imidazole rings is 1. The third kappa shape index (κ3) is 2.89. The van der Waals surface area contributed by atoms with Crippen LogP contribution in [0.25, 0.3) is 11.0 Å². The maximum absolute atomic E-state index is 13.2. The number of aromatic nitrogens is 2. The maximum atomic E-state index is 13.2. The average Bonchev–Trinajstić information content (AvgIpc) is 2.67. The van der Waals surface area contributed by atoms with Gasteiger partial charge in [0.1, 0.15) is 18.2 Å². The Bertz CT molecular complexity index is 617. The molecule has 0 saturated heterocycles. The highest BCUT2D eigenvalue weighted by Gasteiger charge is 2.12. The number of fused-ring (bicyclic) bond motifs is 1. The van der Waals surface area contributed by atoms with Crippen molar-refractivity contribution in [3.8, 4) is 6.07 Å². The Morgan fingerprint density at radius 3 is 3.00 bits per heavy atom. The lowest BCUT2D eigenvalue weighted by Gasteiger charge is -2.14. The zero-order valence-electron chi connectivity index (χ0n) is 10.7. The molecule has 2 aromatic rings. The van der Waals surface area contributed by atoms with Crippen LogP contribution in [0.4, 0.5) is 4.39 Å². The van der Waals surface area contributed by atoms with Crippen molar-refractivity contribution in [3.63, 3.8) is 0 Å². The summed E-state index contributed by atoms with van der Waals surface area (Å²) in [4.78, 5) is 6.26. The van der Waals surface area contributed by atoms with Crippen LogP contribution < -0.4 is 0 Å². The number of hydrogen-bond donors (Lipinski definition) is 1. The minimum Gasteiger partial charge on any atom is -0.395 e. The van der Waals surface area contributed by atoms with Gasteiger partial charge in [-0.05, 0) is 19.2 Å². The summed E-state index contributed by atoms with van der Waals surface area (Å²) in [6.07, 6.45) is 0. The van der Waals surface area contributed by atoms with Crippen LogP contribution in [-0.4, -0.2) is 39.8 Å². The number of likely N-dealkylation sites (N-methyl/N-ethyl adjacent to an activating group) is 1. The van der Waals surface area contributed by atoms with Crippen molar-refractivity contribution in [2.75, 3.05) is 20.2 Å². The second-order valence-electron chi connectivity index (χ2n) is 4.37. The van der Waals surface area contributed by atoms with Crippen molar-refractivity contribution in [3.05, 3.63) is 29.8 Å². The molecular weight excluding hydrogens is 247 g/mol. The van der Waals surface area contributed by atoms with Gasteiger partial charge in [-0.2, -0.15) is 5.26 Å². The predicted octanol–water partition coefficient (Wildman–Crippen LogP) is 1.12. The van der Waals surface area contributed by atoms with Gasteiger partial charge in [-0.3, -0.25) is 4.90 Å². The fourth-order valence-corrected chi connectivity index (χ4v) is 2.01. The molecule has 0 amide bonds. The largest absolute Gasteiger partial charge is 0.395 e. The SMILES string of the molecule is CN(CCO)Cc1nc2cc(F)ccc2n1CC#N. The first-order valence-electron chi connectivity index (χ1n) is 5.96. The van der Waals surface area contributed by atoms with Crippen molar-refractivity contribution < 1.29 is 9.50 Å². The van der Waals surface area contributed by atoms with Crippen LogP contribution in [0, 0.1) is 17.1 Å². The fourth-order valence-electron chi connectivity index (χ4n) is 2.01. The third-order valence-electron chi connectivity index (χ3n) is 2.91. The summed E-state index contributed by atoms with van der Waals surface area (Å²) in [6, 6.07) is 6.43. The summed E-state index contributed by atoms with van der Waals surface area (Å²) >= 11 is 0. The zero-order valence-corrected chi connectivity index (χ0v) is 10.7. The van der Waals surface area contributed by atoms with Crippen LogP contribution in [0.5, 0.6) is 0 Å². The first-order chi connectivity index (χ1) is 9.15. The normalized spacial score (nSPS) is 11.1. The van der Waals surface area contributed by atoms with E-state index in [2.05, 4.69) is 11.1 Å². The first kappa shape index (κ1) is 13.5. The molecule has 1 N–H and O–H groups in total. The van der Waals surface area contributed by atoms with Gasteiger partial charge in [0.15, 0.2) is 0 Å². The van der Waals surface area contributed by atoms with Gasteiger partial charge in [-0.1, -0.05) is 0 Å². The molecule has 19 heavy (non-hydrogen) atoms. The minimum atomic E-state index is -0.343. The molecule has 1 aromatic carbocycles. The second-order valence-corrected chi connectivity index (χ2v) is 4.37. The Morgan fingerprint density at radius 1 is 1.53 bits per heavy atom. The van der Waals surface area contributed by atoms with E-state index in [9.17, 15) is 4.39 Å². The lowest BCUT2D eigenvalue weighted by Crippen LogP contribution is -2.23. The Hall–Kier alpha value is -1.97. The summed E-state index contributed by atoms with van der Waals surface area (Å²) in [5.41, 5.74) is 1.29. The highest BCUT2D eigenvalue weighted by Crippen LogP contribution is 2.18. The van der Waals surface area contributed by atoms with E-state index in [1.807, 2.05) is 11.9 Å². The molecule has 0 saturated carbocycles. The second kappa shape index (κ2) is 5.78. The third-order valence-corrected chi connectivity index (χ3v) is 2.91. The average molecular weight is 262 g/mol. The van der Waals surface area contributed by atoms with E-state index in [0.29, 0.717) is 24.4 Å². The number of rotatable bonds is 5. The smallest absolute Gasteiger partial charge is 0.125 e. The van der Waals surface area contributed by atoms with Gasteiger partial charge in [-0.15, -0.1) is 0 Å². The molecule has 0 unspecified atom stereocenters. The molecule has 2 rings (SSSR count). The molecule has 0 bridgehead atoms. The van der Waals surface area contributed by atoms with E-state index in [1.165, 1.54) is 12.1 Å². The topological polar surface area (TPSA) is 65.1 Å². The lowest BCUT2D eigenvalue weighted by molar-refractivity contribution is 0.213. The highest BCUT2D eigenvalue weighted by molar-refractivity contribution is 5.76. The number of halogens is 1. The van der Waals surface area contributed by atoms with E-state index in [1.54, 1.807) is 10.6 Å². The van der Waals surface area contributed by atoms with Crippen molar-refractivity contribution in [1.82, 2.24) is 14.5 Å². The number of nitrogens with zero attached hydrogens (tertiary/aromatic N) is 4. The molecule has 0 aliphatic rings. The molecular formula is C13H15FN4O. The molecule has 0 aliphatic heterocycles. The summed E-state index contributed by atoms with van der Waals surface area (Å²) in [7, 11) is 1.85. The maximum Gasteiger partial charge on any atom is 0.125 e. The number of aliphatic hydroxyl groups excluding tert-OH is 1. The van der Waals surface area contributed by atoms with E-state index < -0.39 is 0 Å². The summed E-state index contributed by atoms with van der Waals surface area (Å²) < 4.78 is 15.0. The Labute approximate surface area is 110 Å². The number of hydrogen-bond acceptors (Lipinski definition) is 4. The molecule has 0 spiro atoms. The van der Waals surface area contributed by atoms with Gasteiger partial charge in [-0.25, -0.2) is 9.37 Å². The van der Waals surface area contributed by atoms with Gasteiger partial charge in [0.2, 0.25) is 0 Å². The van der Waals surface area contributed by atoms with Crippen LogP contribution in [0.1, 0.15) is 5.82 Å². The molecule has 0 atom stereocenters. The number of nitriles is 1. The summed E-state index contributed by atoms with van der Waals surface area (Å²) in [6.45, 7) is 1.25. The Morgan fingerprint density at radius 2 is 2.32 bits per heavy atom. The van der Waals surface area contributed by atoms with E-state index >= 15 is 0 Å². The highest BCUT2D eigenvalue weighted by atomic mass is 19.1. The van der Waals surface area contributed by atoms with Crippen molar-refractivity contribution in [1.29, 1.82) is 5.26 Å². The predicted molar refractivity (Wildman–Crippen MR) is 68.7 cm³/mol.